The van der Waals surface area contributed by atoms with Gasteiger partial charge in [-0.15, -0.1) is 0 Å². The van der Waals surface area contributed by atoms with Crippen LogP contribution in [0.2, 0.25) is 0 Å². The number of nitrogens with zero attached hydrogens (tertiary/aromatic N) is 1. The van der Waals surface area contributed by atoms with E-state index < -0.39 is 35.1 Å². The molecule has 0 aromatic heterocycles. The van der Waals surface area contributed by atoms with E-state index in [1.807, 2.05) is 24.0 Å². The number of carbonyl (C=O) groups excluding carboxylic acids is 1. The topological polar surface area (TPSA) is 78.9 Å². The van der Waals surface area contributed by atoms with Crippen molar-refractivity contribution in [3.8, 4) is 5.75 Å². The molecular weight excluding hydrogens is 485 g/mol. The fourth-order valence-electron chi connectivity index (χ4n) is 5.52. The normalized spacial score (nSPS) is 21.8. The summed E-state index contributed by atoms with van der Waals surface area (Å²) in [6, 6.07) is 11.5. The van der Waals surface area contributed by atoms with E-state index in [2.05, 4.69) is 5.32 Å². The molecule has 0 radical (unpaired) electrons. The first kappa shape index (κ1) is 28.1. The summed E-state index contributed by atoms with van der Waals surface area (Å²) in [4.78, 5) is 28.4. The highest BCUT2D eigenvalue weighted by Gasteiger charge is 2.57. The number of halogens is 3. The molecule has 2 aromatic carbocycles. The number of methoxy groups -OCH3 is 1. The van der Waals surface area contributed by atoms with Gasteiger partial charge in [0.15, 0.2) is 0 Å². The minimum absolute atomic E-state index is 0.0115. The standard InChI is InChI=1S/C28H33F3N2O4/c1-6-23(34)27(16-33(7-2)19-12-14-20(37-5)15-13-19)18(4)32-17(3)24(26(35)36)25(27)21-10-8-9-11-22(21)28(29,30)31/h8-15,18,25,32H,6-7,16H2,1-5H3,(H,35,36). The highest BCUT2D eigenvalue weighted by molar-refractivity contribution is 5.96. The summed E-state index contributed by atoms with van der Waals surface area (Å²) in [5, 5.41) is 13.4. The minimum atomic E-state index is -4.73. The van der Waals surface area contributed by atoms with Gasteiger partial charge in [0.05, 0.1) is 23.7 Å². The number of ketones is 1. The van der Waals surface area contributed by atoms with Crippen molar-refractivity contribution < 1.29 is 32.6 Å². The molecule has 0 aliphatic carbocycles. The molecule has 0 bridgehead atoms. The average Bonchev–Trinajstić information content (AvgIpc) is 2.87. The van der Waals surface area contributed by atoms with Gasteiger partial charge in [-0.3, -0.25) is 4.79 Å². The van der Waals surface area contributed by atoms with Gasteiger partial charge in [-0.1, -0.05) is 25.1 Å². The number of Topliss-reactive ketones (excluding diaryl/α,β-unsaturated/α-hetero) is 1. The molecule has 37 heavy (non-hydrogen) atoms. The van der Waals surface area contributed by atoms with E-state index >= 15 is 0 Å². The Morgan fingerprint density at radius 2 is 1.73 bits per heavy atom. The van der Waals surface area contributed by atoms with E-state index in [9.17, 15) is 27.9 Å². The fraction of sp³-hybridized carbons (Fsp3) is 0.429. The zero-order valence-corrected chi connectivity index (χ0v) is 21.6. The summed E-state index contributed by atoms with van der Waals surface area (Å²) in [5.74, 6) is -2.37. The van der Waals surface area contributed by atoms with Crippen LogP contribution in [0.1, 0.15) is 51.2 Å². The van der Waals surface area contributed by atoms with Gasteiger partial charge in [-0.25, -0.2) is 4.79 Å². The van der Waals surface area contributed by atoms with Crippen LogP contribution < -0.4 is 15.0 Å². The molecule has 9 heteroatoms. The summed E-state index contributed by atoms with van der Waals surface area (Å²) in [7, 11) is 1.54. The number of carbonyl (C=O) groups is 2. The molecule has 2 aromatic rings. The third kappa shape index (κ3) is 5.17. The molecule has 0 fully saturated rings. The lowest BCUT2D eigenvalue weighted by Gasteiger charge is -2.51. The van der Waals surface area contributed by atoms with Crippen LogP contribution >= 0.6 is 0 Å². The SMILES string of the molecule is CCC(=O)C1(CN(CC)c2ccc(OC)cc2)C(C)NC(C)=C(C(=O)O)C1c1ccccc1C(F)(F)F. The van der Waals surface area contributed by atoms with Gasteiger partial charge in [0.2, 0.25) is 0 Å². The van der Waals surface area contributed by atoms with Gasteiger partial charge >= 0.3 is 12.1 Å². The van der Waals surface area contributed by atoms with Gasteiger partial charge < -0.3 is 20.1 Å². The number of ether oxygens (including phenoxy) is 1. The second kappa shape index (κ2) is 10.9. The van der Waals surface area contributed by atoms with Crippen LogP contribution in [0.3, 0.4) is 0 Å². The largest absolute Gasteiger partial charge is 0.497 e. The minimum Gasteiger partial charge on any atom is -0.497 e. The van der Waals surface area contributed by atoms with Gasteiger partial charge in [0.25, 0.3) is 0 Å². The van der Waals surface area contributed by atoms with Crippen LogP contribution in [0.5, 0.6) is 5.75 Å². The zero-order chi connectivity index (χ0) is 27.5. The maximum Gasteiger partial charge on any atom is 0.416 e. The summed E-state index contributed by atoms with van der Waals surface area (Å²) in [6.45, 7) is 7.26. The van der Waals surface area contributed by atoms with Gasteiger partial charge in [-0.2, -0.15) is 13.2 Å². The monoisotopic (exact) mass is 518 g/mol. The Hall–Kier alpha value is -3.49. The van der Waals surface area contributed by atoms with Crippen molar-refractivity contribution in [3.05, 3.63) is 70.9 Å². The summed E-state index contributed by atoms with van der Waals surface area (Å²) >= 11 is 0. The van der Waals surface area contributed by atoms with E-state index in [1.165, 1.54) is 25.1 Å². The molecule has 200 valence electrons. The highest BCUT2D eigenvalue weighted by atomic mass is 19.4. The number of benzene rings is 2. The second-order valence-corrected chi connectivity index (χ2v) is 9.26. The van der Waals surface area contributed by atoms with Gasteiger partial charge in [-0.05, 0) is 56.7 Å². The first-order chi connectivity index (χ1) is 17.4. The van der Waals surface area contributed by atoms with Crippen molar-refractivity contribution in [1.29, 1.82) is 0 Å². The Morgan fingerprint density at radius 3 is 2.24 bits per heavy atom. The molecule has 1 heterocycles. The predicted molar refractivity (Wildman–Crippen MR) is 136 cm³/mol. The first-order valence-electron chi connectivity index (χ1n) is 12.2. The number of allylic oxidation sites excluding steroid dienone is 1. The molecule has 3 unspecified atom stereocenters. The van der Waals surface area contributed by atoms with Crippen LogP contribution in [0, 0.1) is 5.41 Å². The molecule has 3 rings (SSSR count). The van der Waals surface area contributed by atoms with Crippen molar-refractivity contribution >= 4 is 17.4 Å². The lowest BCUT2D eigenvalue weighted by molar-refractivity contribution is -0.141. The van der Waals surface area contributed by atoms with E-state index in [4.69, 9.17) is 4.74 Å². The van der Waals surface area contributed by atoms with Crippen molar-refractivity contribution in [2.45, 2.75) is 52.3 Å². The maximum absolute atomic E-state index is 14.2. The third-order valence-corrected chi connectivity index (χ3v) is 7.33. The van der Waals surface area contributed by atoms with Crippen LogP contribution in [0.25, 0.3) is 0 Å². The molecule has 2 N–H and O–H groups in total. The average molecular weight is 519 g/mol. The fourth-order valence-corrected chi connectivity index (χ4v) is 5.52. The maximum atomic E-state index is 14.2. The number of nitrogens with one attached hydrogen (secondary N) is 1. The number of carboxylic acids is 1. The Morgan fingerprint density at radius 1 is 1.11 bits per heavy atom. The Bertz CT molecular complexity index is 1180. The molecule has 1 aliphatic rings. The summed E-state index contributed by atoms with van der Waals surface area (Å²) in [6.07, 6.45) is -4.70. The number of alkyl halides is 3. The van der Waals surface area contributed by atoms with Crippen LogP contribution in [-0.2, 0) is 15.8 Å². The van der Waals surface area contributed by atoms with Crippen LogP contribution in [0.15, 0.2) is 59.8 Å². The predicted octanol–water partition coefficient (Wildman–Crippen LogP) is 5.64. The summed E-state index contributed by atoms with van der Waals surface area (Å²) in [5.41, 5.74) is -1.92. The van der Waals surface area contributed by atoms with E-state index in [0.29, 0.717) is 12.3 Å². The van der Waals surface area contributed by atoms with Crippen molar-refractivity contribution in [2.24, 2.45) is 5.41 Å². The number of rotatable bonds is 9. The Kier molecular flexibility index (Phi) is 8.25. The van der Waals surface area contributed by atoms with E-state index in [1.54, 1.807) is 33.1 Å². The zero-order valence-electron chi connectivity index (χ0n) is 21.6. The molecule has 1 aliphatic heterocycles. The van der Waals surface area contributed by atoms with Crippen LogP contribution in [-0.4, -0.2) is 43.1 Å². The number of aliphatic carboxylic acids is 1. The molecule has 0 saturated heterocycles. The first-order valence-corrected chi connectivity index (χ1v) is 12.2. The van der Waals surface area contributed by atoms with Crippen molar-refractivity contribution in [3.63, 3.8) is 0 Å². The highest BCUT2D eigenvalue weighted by Crippen LogP contribution is 2.52. The smallest absolute Gasteiger partial charge is 0.416 e. The van der Waals surface area contributed by atoms with E-state index in [-0.39, 0.29) is 35.6 Å². The van der Waals surface area contributed by atoms with Gasteiger partial charge in [0, 0.05) is 42.9 Å². The summed E-state index contributed by atoms with van der Waals surface area (Å²) < 4.78 is 48.0. The van der Waals surface area contributed by atoms with Crippen molar-refractivity contribution in [1.82, 2.24) is 5.32 Å². The number of hydrogen-bond acceptors (Lipinski definition) is 5. The Balaban J connectivity index is 2.34. The third-order valence-electron chi connectivity index (χ3n) is 7.33. The quantitative estimate of drug-likeness (QED) is 0.447. The molecule has 3 atom stereocenters. The van der Waals surface area contributed by atoms with E-state index in [0.717, 1.165) is 11.8 Å². The number of hydrogen-bond donors (Lipinski definition) is 2. The molecular formula is C28H33F3N2O4. The molecule has 0 amide bonds. The molecule has 0 spiro atoms. The molecule has 6 nitrogen and oxygen atoms in total. The number of carboxylic acid groups (broad SMARTS) is 1. The van der Waals surface area contributed by atoms with Gasteiger partial charge in [0.1, 0.15) is 11.5 Å². The van der Waals surface area contributed by atoms with Crippen molar-refractivity contribution in [2.75, 3.05) is 25.1 Å². The Labute approximate surface area is 215 Å². The van der Waals surface area contributed by atoms with Crippen LogP contribution in [0.4, 0.5) is 18.9 Å². The molecule has 0 saturated carbocycles. The lowest BCUT2D eigenvalue weighted by atomic mass is 9.58. The number of anilines is 1. The second-order valence-electron chi connectivity index (χ2n) is 9.26. The lowest BCUT2D eigenvalue weighted by Crippen LogP contribution is -2.61.